The van der Waals surface area contributed by atoms with Crippen LogP contribution in [-0.2, 0) is 11.2 Å². The minimum Gasteiger partial charge on any atom is -0.361 e. The average Bonchev–Trinajstić information content (AvgIpc) is 2.89. The monoisotopic (exact) mass is 289 g/mol. The van der Waals surface area contributed by atoms with Crippen molar-refractivity contribution in [2.45, 2.75) is 13.3 Å². The summed E-state index contributed by atoms with van der Waals surface area (Å²) in [4.78, 5) is 19.7. The molecule has 3 rings (SSSR count). The number of hydrogen-bond donors (Lipinski definition) is 1. The van der Waals surface area contributed by atoms with Gasteiger partial charge in [0.2, 0.25) is 5.91 Å². The minimum atomic E-state index is -0.271. The Morgan fingerprint density at radius 3 is 2.76 bits per heavy atom. The van der Waals surface area contributed by atoms with Crippen molar-refractivity contribution in [3.8, 4) is 0 Å². The third-order valence-corrected chi connectivity index (χ3v) is 4.24. The van der Waals surface area contributed by atoms with Gasteiger partial charge in [0.05, 0.1) is 6.42 Å². The van der Waals surface area contributed by atoms with Gasteiger partial charge in [-0.1, -0.05) is 6.92 Å². The predicted molar refractivity (Wildman–Crippen MR) is 80.7 cm³/mol. The number of benzene rings is 1. The van der Waals surface area contributed by atoms with Crippen LogP contribution in [0.25, 0.3) is 10.9 Å². The van der Waals surface area contributed by atoms with Gasteiger partial charge in [-0.3, -0.25) is 4.79 Å². The van der Waals surface area contributed by atoms with Crippen molar-refractivity contribution < 1.29 is 9.18 Å². The standard InChI is InChI=1S/C16H20FN3O/c1-2-19-5-7-20(8-6-19)16(21)9-12-11-18-15-4-3-13(17)10-14(12)15/h3-4,10-11,18H,2,5-9H2,1H3. The molecule has 5 heteroatoms. The van der Waals surface area contributed by atoms with Gasteiger partial charge in [0, 0.05) is 43.3 Å². The first-order chi connectivity index (χ1) is 10.2. The zero-order valence-corrected chi connectivity index (χ0v) is 12.2. The highest BCUT2D eigenvalue weighted by Gasteiger charge is 2.21. The first-order valence-electron chi connectivity index (χ1n) is 7.43. The molecule has 0 atom stereocenters. The lowest BCUT2D eigenvalue weighted by Gasteiger charge is -2.34. The van der Waals surface area contributed by atoms with Gasteiger partial charge in [-0.25, -0.2) is 4.39 Å². The number of aromatic nitrogens is 1. The number of amides is 1. The Kier molecular flexibility index (Phi) is 3.92. The van der Waals surface area contributed by atoms with E-state index in [-0.39, 0.29) is 11.7 Å². The largest absolute Gasteiger partial charge is 0.361 e. The maximum absolute atomic E-state index is 13.4. The summed E-state index contributed by atoms with van der Waals surface area (Å²) in [5.74, 6) is -0.150. The van der Waals surface area contributed by atoms with E-state index < -0.39 is 0 Å². The van der Waals surface area contributed by atoms with Crippen LogP contribution in [0.4, 0.5) is 4.39 Å². The minimum absolute atomic E-state index is 0.121. The molecule has 1 aromatic heterocycles. The van der Waals surface area contributed by atoms with Gasteiger partial charge < -0.3 is 14.8 Å². The molecule has 4 nitrogen and oxygen atoms in total. The van der Waals surface area contributed by atoms with Crippen LogP contribution in [0.3, 0.4) is 0 Å². The van der Waals surface area contributed by atoms with Crippen molar-refractivity contribution in [1.82, 2.24) is 14.8 Å². The average molecular weight is 289 g/mol. The second-order valence-electron chi connectivity index (χ2n) is 5.50. The first kappa shape index (κ1) is 14.1. The van der Waals surface area contributed by atoms with E-state index in [1.165, 1.54) is 12.1 Å². The molecule has 1 saturated heterocycles. The summed E-state index contributed by atoms with van der Waals surface area (Å²) in [6.07, 6.45) is 2.14. The molecule has 2 heterocycles. The molecule has 1 aromatic carbocycles. The number of hydrogen-bond acceptors (Lipinski definition) is 2. The van der Waals surface area contributed by atoms with Crippen LogP contribution < -0.4 is 0 Å². The number of carbonyl (C=O) groups is 1. The fourth-order valence-corrected chi connectivity index (χ4v) is 2.89. The van der Waals surface area contributed by atoms with Gasteiger partial charge in [-0.15, -0.1) is 0 Å². The zero-order chi connectivity index (χ0) is 14.8. The lowest BCUT2D eigenvalue weighted by atomic mass is 10.1. The lowest BCUT2D eigenvalue weighted by molar-refractivity contribution is -0.132. The maximum Gasteiger partial charge on any atom is 0.227 e. The highest BCUT2D eigenvalue weighted by atomic mass is 19.1. The first-order valence-corrected chi connectivity index (χ1v) is 7.43. The van der Waals surface area contributed by atoms with Crippen LogP contribution in [0.2, 0.25) is 0 Å². The Labute approximate surface area is 123 Å². The molecule has 0 aliphatic carbocycles. The third-order valence-electron chi connectivity index (χ3n) is 4.24. The van der Waals surface area contributed by atoms with E-state index in [9.17, 15) is 9.18 Å². The van der Waals surface area contributed by atoms with Crippen LogP contribution in [0.15, 0.2) is 24.4 Å². The summed E-state index contributed by atoms with van der Waals surface area (Å²) in [7, 11) is 0. The number of H-pyrrole nitrogens is 1. The second-order valence-corrected chi connectivity index (χ2v) is 5.50. The van der Waals surface area contributed by atoms with Crippen molar-refractivity contribution in [3.05, 3.63) is 35.8 Å². The summed E-state index contributed by atoms with van der Waals surface area (Å²) in [5.41, 5.74) is 1.74. The molecule has 1 aliphatic heterocycles. The molecule has 0 radical (unpaired) electrons. The molecule has 112 valence electrons. The van der Waals surface area contributed by atoms with Crippen molar-refractivity contribution in [3.63, 3.8) is 0 Å². The summed E-state index contributed by atoms with van der Waals surface area (Å²) in [5, 5.41) is 0.801. The summed E-state index contributed by atoms with van der Waals surface area (Å²) in [6, 6.07) is 4.62. The molecular formula is C16H20FN3O. The number of nitrogens with zero attached hydrogens (tertiary/aromatic N) is 2. The Bertz CT molecular complexity index is 644. The van der Waals surface area contributed by atoms with E-state index in [0.717, 1.165) is 49.2 Å². The molecule has 1 fully saturated rings. The summed E-state index contributed by atoms with van der Waals surface area (Å²) >= 11 is 0. The Morgan fingerprint density at radius 2 is 2.05 bits per heavy atom. The SMILES string of the molecule is CCN1CCN(C(=O)Cc2c[nH]c3ccc(F)cc23)CC1. The van der Waals surface area contributed by atoms with E-state index in [1.807, 2.05) is 11.1 Å². The summed E-state index contributed by atoms with van der Waals surface area (Å²) in [6.45, 7) is 6.60. The molecule has 1 N–H and O–H groups in total. The molecule has 0 unspecified atom stereocenters. The molecule has 21 heavy (non-hydrogen) atoms. The fraction of sp³-hybridized carbons (Fsp3) is 0.438. The number of nitrogens with one attached hydrogen (secondary N) is 1. The van der Waals surface area contributed by atoms with E-state index in [1.54, 1.807) is 6.07 Å². The van der Waals surface area contributed by atoms with E-state index in [4.69, 9.17) is 0 Å². The van der Waals surface area contributed by atoms with Crippen LogP contribution in [0, 0.1) is 5.82 Å². The topological polar surface area (TPSA) is 39.3 Å². The number of fused-ring (bicyclic) bond motifs is 1. The molecule has 2 aromatic rings. The summed E-state index contributed by atoms with van der Waals surface area (Å²) < 4.78 is 13.4. The third kappa shape index (κ3) is 2.93. The number of halogens is 1. The number of piperazine rings is 1. The molecule has 1 aliphatic rings. The predicted octanol–water partition coefficient (Wildman–Crippen LogP) is 2.01. The molecule has 0 saturated carbocycles. The van der Waals surface area contributed by atoms with Crippen molar-refractivity contribution in [1.29, 1.82) is 0 Å². The van der Waals surface area contributed by atoms with Crippen LogP contribution in [-0.4, -0.2) is 53.4 Å². The van der Waals surface area contributed by atoms with Crippen molar-refractivity contribution >= 4 is 16.8 Å². The molecular weight excluding hydrogens is 269 g/mol. The van der Waals surface area contributed by atoms with Gasteiger partial charge in [-0.2, -0.15) is 0 Å². The van der Waals surface area contributed by atoms with Gasteiger partial charge in [0.15, 0.2) is 0 Å². The molecule has 0 bridgehead atoms. The number of rotatable bonds is 3. The van der Waals surface area contributed by atoms with Gasteiger partial charge >= 0.3 is 0 Å². The zero-order valence-electron chi connectivity index (χ0n) is 12.2. The van der Waals surface area contributed by atoms with Crippen molar-refractivity contribution in [2.24, 2.45) is 0 Å². The molecule has 0 spiro atoms. The van der Waals surface area contributed by atoms with Gasteiger partial charge in [0.25, 0.3) is 0 Å². The van der Waals surface area contributed by atoms with Crippen LogP contribution in [0.1, 0.15) is 12.5 Å². The van der Waals surface area contributed by atoms with E-state index >= 15 is 0 Å². The maximum atomic E-state index is 13.4. The highest BCUT2D eigenvalue weighted by Crippen LogP contribution is 2.20. The van der Waals surface area contributed by atoms with E-state index in [2.05, 4.69) is 16.8 Å². The Hall–Kier alpha value is -1.88. The van der Waals surface area contributed by atoms with Crippen molar-refractivity contribution in [2.75, 3.05) is 32.7 Å². The highest BCUT2D eigenvalue weighted by molar-refractivity contribution is 5.89. The Morgan fingerprint density at radius 1 is 1.29 bits per heavy atom. The number of aromatic amines is 1. The molecule has 1 amide bonds. The van der Waals surface area contributed by atoms with Crippen LogP contribution >= 0.6 is 0 Å². The van der Waals surface area contributed by atoms with Gasteiger partial charge in [0.1, 0.15) is 5.82 Å². The van der Waals surface area contributed by atoms with Gasteiger partial charge in [-0.05, 0) is 30.3 Å². The smallest absolute Gasteiger partial charge is 0.227 e. The number of likely N-dealkylation sites (N-methyl/N-ethyl adjacent to an activating group) is 1. The number of carbonyl (C=O) groups excluding carboxylic acids is 1. The van der Waals surface area contributed by atoms with E-state index in [0.29, 0.717) is 6.42 Å². The Balaban J connectivity index is 1.70. The second kappa shape index (κ2) is 5.85. The normalized spacial score (nSPS) is 16.6. The fourth-order valence-electron chi connectivity index (χ4n) is 2.89. The van der Waals surface area contributed by atoms with Crippen LogP contribution in [0.5, 0.6) is 0 Å². The quantitative estimate of drug-likeness (QED) is 0.939. The lowest BCUT2D eigenvalue weighted by Crippen LogP contribution is -2.48.